The zero-order valence-electron chi connectivity index (χ0n) is 14.8. The molecule has 7 heteroatoms. The van der Waals surface area contributed by atoms with Crippen molar-refractivity contribution in [2.75, 3.05) is 21.2 Å². The molecule has 2 rings (SSSR count). The lowest BCUT2D eigenvalue weighted by molar-refractivity contribution is -0.0258. The third-order valence-electron chi connectivity index (χ3n) is 3.99. The number of amides is 1. The standard InChI is InChI=1S/C18H22N2O4S/c1-14-8-5-6-9-16(14)13-19(2)18(21)15-10-7-11-17(12-15)25(22,23)20(3)24-4/h5-12H,13H2,1-4H3. The number of benzene rings is 2. The van der Waals surface area contributed by atoms with Crippen molar-refractivity contribution in [3.63, 3.8) is 0 Å². The third-order valence-corrected chi connectivity index (χ3v) is 5.67. The SMILES string of the molecule is CON(C)S(=O)(=O)c1cccc(C(=O)N(C)Cc2ccccc2C)c1. The summed E-state index contributed by atoms with van der Waals surface area (Å²) in [4.78, 5) is 19.0. The van der Waals surface area contributed by atoms with Gasteiger partial charge in [-0.1, -0.05) is 34.8 Å². The Bertz CT molecular complexity index is 865. The maximum atomic E-state index is 12.7. The van der Waals surface area contributed by atoms with Gasteiger partial charge in [-0.3, -0.25) is 9.63 Å². The monoisotopic (exact) mass is 362 g/mol. The van der Waals surface area contributed by atoms with E-state index in [4.69, 9.17) is 4.84 Å². The fourth-order valence-corrected chi connectivity index (χ4v) is 3.39. The van der Waals surface area contributed by atoms with Crippen LogP contribution in [-0.2, 0) is 21.4 Å². The summed E-state index contributed by atoms with van der Waals surface area (Å²) in [6.45, 7) is 2.43. The van der Waals surface area contributed by atoms with Crippen LogP contribution in [0.25, 0.3) is 0 Å². The zero-order chi connectivity index (χ0) is 18.6. The summed E-state index contributed by atoms with van der Waals surface area (Å²) in [5, 5.41) is 0. The normalized spacial score (nSPS) is 11.6. The highest BCUT2D eigenvalue weighted by atomic mass is 32.2. The summed E-state index contributed by atoms with van der Waals surface area (Å²) in [5.41, 5.74) is 2.45. The van der Waals surface area contributed by atoms with E-state index in [0.29, 0.717) is 12.1 Å². The lowest BCUT2D eigenvalue weighted by atomic mass is 10.1. The van der Waals surface area contributed by atoms with Gasteiger partial charge >= 0.3 is 0 Å². The molecular weight excluding hydrogens is 340 g/mol. The first-order valence-electron chi connectivity index (χ1n) is 7.70. The van der Waals surface area contributed by atoms with Crippen molar-refractivity contribution >= 4 is 15.9 Å². The van der Waals surface area contributed by atoms with Gasteiger partial charge < -0.3 is 4.90 Å². The van der Waals surface area contributed by atoms with Crippen molar-refractivity contribution in [3.8, 4) is 0 Å². The van der Waals surface area contributed by atoms with Gasteiger partial charge in [0.2, 0.25) is 0 Å². The second-order valence-corrected chi connectivity index (χ2v) is 7.65. The van der Waals surface area contributed by atoms with E-state index in [0.717, 1.165) is 15.6 Å². The van der Waals surface area contributed by atoms with E-state index in [-0.39, 0.29) is 10.8 Å². The number of rotatable bonds is 6. The second kappa shape index (κ2) is 7.77. The first-order chi connectivity index (χ1) is 11.8. The Morgan fingerprint density at radius 1 is 1.08 bits per heavy atom. The Labute approximate surface area is 148 Å². The molecular formula is C18H22N2O4S. The van der Waals surface area contributed by atoms with Crippen molar-refractivity contribution in [1.82, 2.24) is 9.37 Å². The fourth-order valence-electron chi connectivity index (χ4n) is 2.37. The number of carbonyl (C=O) groups is 1. The Morgan fingerprint density at radius 3 is 2.40 bits per heavy atom. The maximum absolute atomic E-state index is 12.7. The van der Waals surface area contributed by atoms with Crippen LogP contribution in [0.4, 0.5) is 0 Å². The van der Waals surface area contributed by atoms with Crippen LogP contribution in [-0.4, -0.2) is 44.9 Å². The predicted molar refractivity (Wildman–Crippen MR) is 95.4 cm³/mol. The minimum absolute atomic E-state index is 0.00647. The Kier molecular flexibility index (Phi) is 5.94. The Hall–Kier alpha value is -2.22. The highest BCUT2D eigenvalue weighted by Gasteiger charge is 2.22. The molecule has 2 aromatic rings. The fraction of sp³-hybridized carbons (Fsp3) is 0.278. The van der Waals surface area contributed by atoms with Gasteiger partial charge in [0, 0.05) is 26.2 Å². The van der Waals surface area contributed by atoms with Gasteiger partial charge in [-0.25, -0.2) is 8.42 Å². The number of sulfonamides is 1. The van der Waals surface area contributed by atoms with E-state index in [2.05, 4.69) is 0 Å². The molecule has 0 heterocycles. The van der Waals surface area contributed by atoms with Crippen molar-refractivity contribution in [2.24, 2.45) is 0 Å². The van der Waals surface area contributed by atoms with E-state index < -0.39 is 10.0 Å². The molecule has 0 atom stereocenters. The van der Waals surface area contributed by atoms with E-state index in [1.165, 1.54) is 26.3 Å². The quantitative estimate of drug-likeness (QED) is 0.741. The number of hydroxylamine groups is 1. The number of aryl methyl sites for hydroxylation is 1. The smallest absolute Gasteiger partial charge is 0.264 e. The lowest BCUT2D eigenvalue weighted by Gasteiger charge is -2.19. The average molecular weight is 362 g/mol. The van der Waals surface area contributed by atoms with Crippen LogP contribution in [0.15, 0.2) is 53.4 Å². The molecule has 0 spiro atoms. The minimum atomic E-state index is -3.80. The topological polar surface area (TPSA) is 66.9 Å². The first kappa shape index (κ1) is 19.1. The second-order valence-electron chi connectivity index (χ2n) is 5.71. The summed E-state index contributed by atoms with van der Waals surface area (Å²) < 4.78 is 25.4. The molecule has 0 aliphatic rings. The van der Waals surface area contributed by atoms with Crippen LogP contribution in [0.3, 0.4) is 0 Å². The van der Waals surface area contributed by atoms with Crippen LogP contribution in [0.2, 0.25) is 0 Å². The summed E-state index contributed by atoms with van der Waals surface area (Å²) in [5.74, 6) is -0.250. The van der Waals surface area contributed by atoms with Crippen LogP contribution in [0.1, 0.15) is 21.5 Å². The van der Waals surface area contributed by atoms with Gasteiger partial charge in [0.25, 0.3) is 15.9 Å². The van der Waals surface area contributed by atoms with Gasteiger partial charge in [-0.2, -0.15) is 0 Å². The molecule has 0 aliphatic carbocycles. The molecule has 0 N–H and O–H groups in total. The van der Waals surface area contributed by atoms with Crippen LogP contribution in [0.5, 0.6) is 0 Å². The highest BCUT2D eigenvalue weighted by molar-refractivity contribution is 7.89. The largest absolute Gasteiger partial charge is 0.337 e. The predicted octanol–water partition coefficient (Wildman–Crippen LogP) is 2.45. The number of hydrogen-bond donors (Lipinski definition) is 0. The van der Waals surface area contributed by atoms with Gasteiger partial charge in [0.05, 0.1) is 12.0 Å². The number of carbonyl (C=O) groups excluding carboxylic acids is 1. The number of nitrogens with zero attached hydrogens (tertiary/aromatic N) is 2. The van der Waals surface area contributed by atoms with Crippen molar-refractivity contribution in [2.45, 2.75) is 18.4 Å². The molecule has 0 aliphatic heterocycles. The molecule has 0 unspecified atom stereocenters. The molecule has 0 saturated heterocycles. The summed E-state index contributed by atoms with van der Waals surface area (Å²) >= 11 is 0. The Morgan fingerprint density at radius 2 is 1.76 bits per heavy atom. The third kappa shape index (κ3) is 4.25. The van der Waals surface area contributed by atoms with E-state index in [1.807, 2.05) is 31.2 Å². The molecule has 0 aromatic heterocycles. The zero-order valence-corrected chi connectivity index (χ0v) is 15.6. The van der Waals surface area contributed by atoms with Crippen LogP contribution >= 0.6 is 0 Å². The summed E-state index contributed by atoms with van der Waals surface area (Å²) in [6, 6.07) is 13.8. The molecule has 25 heavy (non-hydrogen) atoms. The molecule has 2 aromatic carbocycles. The van der Waals surface area contributed by atoms with Gasteiger partial charge in [-0.15, -0.1) is 0 Å². The first-order valence-corrected chi connectivity index (χ1v) is 9.14. The van der Waals surface area contributed by atoms with Crippen molar-refractivity contribution in [1.29, 1.82) is 0 Å². The average Bonchev–Trinajstić information content (AvgIpc) is 2.62. The molecule has 0 radical (unpaired) electrons. The Balaban J connectivity index is 2.25. The molecule has 1 amide bonds. The van der Waals surface area contributed by atoms with Crippen molar-refractivity contribution in [3.05, 3.63) is 65.2 Å². The number of hydrogen-bond acceptors (Lipinski definition) is 4. The lowest BCUT2D eigenvalue weighted by Crippen LogP contribution is -2.28. The van der Waals surface area contributed by atoms with Gasteiger partial charge in [0.15, 0.2) is 0 Å². The molecule has 6 nitrogen and oxygen atoms in total. The summed E-state index contributed by atoms with van der Waals surface area (Å²) in [6.07, 6.45) is 0. The van der Waals surface area contributed by atoms with Crippen molar-refractivity contribution < 1.29 is 18.0 Å². The van der Waals surface area contributed by atoms with Crippen LogP contribution in [0, 0.1) is 6.92 Å². The van der Waals surface area contributed by atoms with Gasteiger partial charge in [0.1, 0.15) is 0 Å². The van der Waals surface area contributed by atoms with Gasteiger partial charge in [-0.05, 0) is 36.2 Å². The van der Waals surface area contributed by atoms with Crippen LogP contribution < -0.4 is 0 Å². The minimum Gasteiger partial charge on any atom is -0.337 e. The summed E-state index contributed by atoms with van der Waals surface area (Å²) in [7, 11) is 0.462. The molecule has 0 fully saturated rings. The molecule has 0 saturated carbocycles. The highest BCUT2D eigenvalue weighted by Crippen LogP contribution is 2.18. The van der Waals surface area contributed by atoms with E-state index in [1.54, 1.807) is 24.1 Å². The van der Waals surface area contributed by atoms with E-state index >= 15 is 0 Å². The molecule has 134 valence electrons. The van der Waals surface area contributed by atoms with E-state index in [9.17, 15) is 13.2 Å². The molecule has 0 bridgehead atoms. The maximum Gasteiger partial charge on any atom is 0.264 e.